The molecule has 1 fully saturated rings. The van der Waals surface area contributed by atoms with E-state index >= 15 is 0 Å². The van der Waals surface area contributed by atoms with Gasteiger partial charge in [0.2, 0.25) is 0 Å². The number of aromatic hydroxyl groups is 1. The lowest BCUT2D eigenvalue weighted by molar-refractivity contribution is 0.198. The van der Waals surface area contributed by atoms with Gasteiger partial charge in [-0.05, 0) is 13.0 Å². The maximum Gasteiger partial charge on any atom is 0.138 e. The Balaban J connectivity index is 2.05. The molecule has 0 unspecified atom stereocenters. The Hall–Kier alpha value is -0.770. The zero-order valence-electron chi connectivity index (χ0n) is 9.41. The van der Waals surface area contributed by atoms with Crippen LogP contribution < -0.4 is 5.32 Å². The van der Waals surface area contributed by atoms with Crippen molar-refractivity contribution in [3.8, 4) is 5.75 Å². The van der Waals surface area contributed by atoms with Crippen molar-refractivity contribution in [2.45, 2.75) is 19.5 Å². The molecule has 0 aromatic heterocycles. The third-order valence-corrected chi connectivity index (χ3v) is 3.22. The zero-order valence-corrected chi connectivity index (χ0v) is 10.2. The Morgan fingerprint density at radius 2 is 2.38 bits per heavy atom. The summed E-state index contributed by atoms with van der Waals surface area (Å²) in [4.78, 5) is 2.33. The van der Waals surface area contributed by atoms with Crippen LogP contribution in [0.1, 0.15) is 12.5 Å². The molecule has 0 saturated carbocycles. The number of para-hydroxylation sites is 1. The number of phenols is 1. The van der Waals surface area contributed by atoms with Gasteiger partial charge in [0.05, 0.1) is 5.02 Å². The fourth-order valence-corrected chi connectivity index (χ4v) is 2.28. The van der Waals surface area contributed by atoms with Crippen molar-refractivity contribution in [1.29, 1.82) is 0 Å². The maximum absolute atomic E-state index is 9.82. The van der Waals surface area contributed by atoms with Crippen LogP contribution in [0.25, 0.3) is 0 Å². The van der Waals surface area contributed by atoms with Crippen molar-refractivity contribution in [1.82, 2.24) is 10.2 Å². The Bertz CT molecular complexity index is 370. The quantitative estimate of drug-likeness (QED) is 0.828. The van der Waals surface area contributed by atoms with Crippen molar-refractivity contribution in [2.24, 2.45) is 0 Å². The second-order valence-corrected chi connectivity index (χ2v) is 4.75. The third kappa shape index (κ3) is 2.67. The predicted octanol–water partition coefficient (Wildman–Crippen LogP) is 1.84. The Kier molecular flexibility index (Phi) is 3.69. The highest BCUT2D eigenvalue weighted by atomic mass is 35.5. The van der Waals surface area contributed by atoms with Gasteiger partial charge in [-0.25, -0.2) is 0 Å². The number of piperazine rings is 1. The van der Waals surface area contributed by atoms with E-state index in [1.807, 2.05) is 12.1 Å². The summed E-state index contributed by atoms with van der Waals surface area (Å²) in [5, 5.41) is 13.6. The van der Waals surface area contributed by atoms with E-state index in [0.29, 0.717) is 11.1 Å². The molecule has 3 nitrogen and oxygen atoms in total. The van der Waals surface area contributed by atoms with Gasteiger partial charge in [-0.1, -0.05) is 23.7 Å². The number of phenolic OH excluding ortho intramolecular Hbond substituents is 1. The van der Waals surface area contributed by atoms with Crippen LogP contribution in [-0.2, 0) is 6.54 Å². The smallest absolute Gasteiger partial charge is 0.138 e. The molecule has 1 atom stereocenters. The van der Waals surface area contributed by atoms with Gasteiger partial charge < -0.3 is 10.4 Å². The molecule has 0 amide bonds. The Morgan fingerprint density at radius 1 is 1.56 bits per heavy atom. The first-order valence-corrected chi connectivity index (χ1v) is 5.96. The molecule has 1 saturated heterocycles. The van der Waals surface area contributed by atoms with Crippen LogP contribution in [0, 0.1) is 0 Å². The molecule has 0 bridgehead atoms. The van der Waals surface area contributed by atoms with E-state index in [4.69, 9.17) is 11.6 Å². The minimum atomic E-state index is 0.218. The van der Waals surface area contributed by atoms with Crippen molar-refractivity contribution >= 4 is 11.6 Å². The summed E-state index contributed by atoms with van der Waals surface area (Å²) in [7, 11) is 0. The van der Waals surface area contributed by atoms with Crippen LogP contribution in [0.4, 0.5) is 0 Å². The fraction of sp³-hybridized carbons (Fsp3) is 0.500. The molecule has 16 heavy (non-hydrogen) atoms. The summed E-state index contributed by atoms with van der Waals surface area (Å²) >= 11 is 5.88. The topological polar surface area (TPSA) is 35.5 Å². The number of hydrogen-bond donors (Lipinski definition) is 2. The van der Waals surface area contributed by atoms with Gasteiger partial charge in [0.1, 0.15) is 5.75 Å². The van der Waals surface area contributed by atoms with Gasteiger partial charge in [0.15, 0.2) is 0 Å². The van der Waals surface area contributed by atoms with Gasteiger partial charge >= 0.3 is 0 Å². The van der Waals surface area contributed by atoms with Crippen molar-refractivity contribution in [2.75, 3.05) is 19.6 Å². The van der Waals surface area contributed by atoms with Crippen LogP contribution in [0.2, 0.25) is 5.02 Å². The first-order chi connectivity index (χ1) is 7.66. The van der Waals surface area contributed by atoms with E-state index in [-0.39, 0.29) is 5.75 Å². The number of rotatable bonds is 2. The largest absolute Gasteiger partial charge is 0.506 e. The van der Waals surface area contributed by atoms with E-state index in [9.17, 15) is 5.11 Å². The SMILES string of the molecule is C[C@@H]1CN(Cc2cccc(Cl)c2O)CCN1. The third-order valence-electron chi connectivity index (χ3n) is 2.92. The van der Waals surface area contributed by atoms with E-state index in [0.717, 1.165) is 31.7 Å². The molecule has 4 heteroatoms. The van der Waals surface area contributed by atoms with E-state index in [1.54, 1.807) is 6.07 Å². The van der Waals surface area contributed by atoms with Crippen LogP contribution >= 0.6 is 11.6 Å². The van der Waals surface area contributed by atoms with Crippen LogP contribution in [-0.4, -0.2) is 35.7 Å². The zero-order chi connectivity index (χ0) is 11.5. The lowest BCUT2D eigenvalue weighted by Gasteiger charge is -2.31. The predicted molar refractivity (Wildman–Crippen MR) is 65.9 cm³/mol. The molecule has 88 valence electrons. The van der Waals surface area contributed by atoms with E-state index in [1.165, 1.54) is 0 Å². The molecule has 1 aliphatic rings. The molecule has 0 aliphatic carbocycles. The molecule has 2 rings (SSSR count). The second-order valence-electron chi connectivity index (χ2n) is 4.34. The second kappa shape index (κ2) is 5.04. The normalized spacial score (nSPS) is 22.2. The molecule has 1 heterocycles. The lowest BCUT2D eigenvalue weighted by atomic mass is 10.1. The standard InChI is InChI=1S/C12H17ClN2O/c1-9-7-15(6-5-14-9)8-10-3-2-4-11(13)12(10)16/h2-4,9,14,16H,5-8H2,1H3/t9-/m1/s1. The molecule has 1 aromatic rings. The van der Waals surface area contributed by atoms with Crippen molar-refractivity contribution in [3.63, 3.8) is 0 Å². The van der Waals surface area contributed by atoms with Gasteiger partial charge in [0.25, 0.3) is 0 Å². The molecule has 0 radical (unpaired) electrons. The monoisotopic (exact) mass is 240 g/mol. The highest BCUT2D eigenvalue weighted by Gasteiger charge is 2.17. The molecule has 0 spiro atoms. The summed E-state index contributed by atoms with van der Waals surface area (Å²) < 4.78 is 0. The minimum absolute atomic E-state index is 0.218. The maximum atomic E-state index is 9.82. The van der Waals surface area contributed by atoms with Crippen LogP contribution in [0.3, 0.4) is 0 Å². The average Bonchev–Trinajstić information content (AvgIpc) is 2.25. The summed E-state index contributed by atoms with van der Waals surface area (Å²) in [5.41, 5.74) is 0.904. The van der Waals surface area contributed by atoms with Crippen molar-refractivity contribution in [3.05, 3.63) is 28.8 Å². The summed E-state index contributed by atoms with van der Waals surface area (Å²) in [5.74, 6) is 0.218. The average molecular weight is 241 g/mol. The molecule has 1 aliphatic heterocycles. The summed E-state index contributed by atoms with van der Waals surface area (Å²) in [6.45, 7) is 5.95. The Morgan fingerprint density at radius 3 is 3.12 bits per heavy atom. The summed E-state index contributed by atoms with van der Waals surface area (Å²) in [6.07, 6.45) is 0. The van der Waals surface area contributed by atoms with E-state index < -0.39 is 0 Å². The minimum Gasteiger partial charge on any atom is -0.506 e. The van der Waals surface area contributed by atoms with Gasteiger partial charge in [-0.2, -0.15) is 0 Å². The fourth-order valence-electron chi connectivity index (χ4n) is 2.08. The van der Waals surface area contributed by atoms with Gasteiger partial charge in [0, 0.05) is 37.8 Å². The first-order valence-electron chi connectivity index (χ1n) is 5.59. The van der Waals surface area contributed by atoms with Gasteiger partial charge in [-0.15, -0.1) is 0 Å². The number of hydrogen-bond acceptors (Lipinski definition) is 3. The number of benzene rings is 1. The summed E-state index contributed by atoms with van der Waals surface area (Å²) in [6, 6.07) is 6.02. The molecular weight excluding hydrogens is 224 g/mol. The van der Waals surface area contributed by atoms with Crippen molar-refractivity contribution < 1.29 is 5.11 Å². The first kappa shape index (κ1) is 11.7. The highest BCUT2D eigenvalue weighted by Crippen LogP contribution is 2.27. The molecule has 1 aromatic carbocycles. The lowest BCUT2D eigenvalue weighted by Crippen LogP contribution is -2.48. The number of halogens is 1. The molecular formula is C12H17ClN2O. The number of nitrogens with one attached hydrogen (secondary N) is 1. The highest BCUT2D eigenvalue weighted by molar-refractivity contribution is 6.32. The molecule has 2 N–H and O–H groups in total. The van der Waals surface area contributed by atoms with E-state index in [2.05, 4.69) is 17.1 Å². The number of nitrogens with zero attached hydrogens (tertiary/aromatic N) is 1. The van der Waals surface area contributed by atoms with Crippen LogP contribution in [0.5, 0.6) is 5.75 Å². The van der Waals surface area contributed by atoms with Gasteiger partial charge in [-0.3, -0.25) is 4.90 Å². The van der Waals surface area contributed by atoms with Crippen LogP contribution in [0.15, 0.2) is 18.2 Å². The Labute approximate surface area is 101 Å².